The number of piperidine rings is 1. The molecule has 0 amide bonds. The molecule has 3 heterocycles. The number of likely N-dealkylation sites (N-methyl/N-ethyl adjacent to an activating group) is 1. The van der Waals surface area contributed by atoms with Crippen LogP contribution in [0.15, 0.2) is 36.4 Å². The summed E-state index contributed by atoms with van der Waals surface area (Å²) in [6.07, 6.45) is 2.56. The van der Waals surface area contributed by atoms with Crippen LogP contribution in [0, 0.1) is 5.92 Å². The molecule has 1 atom stereocenters. The molecule has 5 heteroatoms. The maximum Gasteiger partial charge on any atom is 0.227 e. The Morgan fingerprint density at radius 2 is 1.69 bits per heavy atom. The zero-order valence-corrected chi connectivity index (χ0v) is 15.9. The zero-order valence-electron chi connectivity index (χ0n) is 15.9. The molecule has 0 saturated carbocycles. The Morgan fingerprint density at radius 3 is 2.42 bits per heavy atom. The second-order valence-corrected chi connectivity index (χ2v) is 7.76. The monoisotopic (exact) mass is 351 g/mol. The van der Waals surface area contributed by atoms with Crippen LogP contribution in [-0.2, 0) is 0 Å². The van der Waals surface area contributed by atoms with Crippen molar-refractivity contribution in [3.8, 4) is 11.3 Å². The lowest BCUT2D eigenvalue weighted by Gasteiger charge is -2.35. The Balaban J connectivity index is 1.69. The van der Waals surface area contributed by atoms with E-state index in [1.54, 1.807) is 0 Å². The first-order valence-electron chi connectivity index (χ1n) is 9.82. The number of piperazine rings is 1. The van der Waals surface area contributed by atoms with Crippen molar-refractivity contribution in [2.75, 3.05) is 56.1 Å². The maximum absolute atomic E-state index is 4.99. The number of hydrogen-bond donors (Lipinski definition) is 0. The minimum atomic E-state index is 0.728. The lowest BCUT2D eigenvalue weighted by molar-refractivity contribution is 0.311. The molecule has 0 aliphatic carbocycles. The van der Waals surface area contributed by atoms with E-state index >= 15 is 0 Å². The topological polar surface area (TPSA) is 35.5 Å². The molecule has 2 fully saturated rings. The van der Waals surface area contributed by atoms with Gasteiger partial charge in [-0.3, -0.25) is 0 Å². The first-order chi connectivity index (χ1) is 12.7. The van der Waals surface area contributed by atoms with E-state index in [-0.39, 0.29) is 0 Å². The summed E-state index contributed by atoms with van der Waals surface area (Å²) in [6, 6.07) is 12.7. The predicted molar refractivity (Wildman–Crippen MR) is 108 cm³/mol. The van der Waals surface area contributed by atoms with E-state index in [1.807, 2.05) is 0 Å². The summed E-state index contributed by atoms with van der Waals surface area (Å²) >= 11 is 0. The van der Waals surface area contributed by atoms with Gasteiger partial charge >= 0.3 is 0 Å². The SMILES string of the molecule is CC1CCCN(c2cc(-c3ccccc3)nc(N3CCN(C)CC3)n2)C1. The molecule has 1 unspecified atom stereocenters. The number of hydrogen-bond acceptors (Lipinski definition) is 5. The molecule has 1 aromatic carbocycles. The van der Waals surface area contributed by atoms with Gasteiger partial charge in [-0.2, -0.15) is 4.98 Å². The molecule has 5 nitrogen and oxygen atoms in total. The molecule has 0 bridgehead atoms. The van der Waals surface area contributed by atoms with Gasteiger partial charge in [0, 0.05) is 50.9 Å². The van der Waals surface area contributed by atoms with Crippen molar-refractivity contribution in [3.63, 3.8) is 0 Å². The third kappa shape index (κ3) is 3.83. The van der Waals surface area contributed by atoms with Gasteiger partial charge in [0.15, 0.2) is 0 Å². The molecule has 138 valence electrons. The van der Waals surface area contributed by atoms with E-state index in [0.29, 0.717) is 0 Å². The van der Waals surface area contributed by atoms with Crippen molar-refractivity contribution in [1.82, 2.24) is 14.9 Å². The average molecular weight is 351 g/mol. The minimum absolute atomic E-state index is 0.728. The summed E-state index contributed by atoms with van der Waals surface area (Å²) in [4.78, 5) is 17.1. The van der Waals surface area contributed by atoms with Crippen LogP contribution in [0.4, 0.5) is 11.8 Å². The summed E-state index contributed by atoms with van der Waals surface area (Å²) in [5.74, 6) is 2.69. The van der Waals surface area contributed by atoms with E-state index in [2.05, 4.69) is 65.1 Å². The number of nitrogens with zero attached hydrogens (tertiary/aromatic N) is 5. The van der Waals surface area contributed by atoms with Gasteiger partial charge in [-0.15, -0.1) is 0 Å². The fraction of sp³-hybridized carbons (Fsp3) is 0.524. The third-order valence-electron chi connectivity index (χ3n) is 5.54. The first kappa shape index (κ1) is 17.3. The molecule has 1 aromatic heterocycles. The smallest absolute Gasteiger partial charge is 0.227 e. The van der Waals surface area contributed by atoms with Crippen LogP contribution in [0.3, 0.4) is 0 Å². The molecule has 4 rings (SSSR count). The van der Waals surface area contributed by atoms with Gasteiger partial charge in [0.05, 0.1) is 5.69 Å². The summed E-state index contributed by atoms with van der Waals surface area (Å²) in [7, 11) is 2.18. The van der Waals surface area contributed by atoms with E-state index in [1.165, 1.54) is 12.8 Å². The number of rotatable bonds is 3. The van der Waals surface area contributed by atoms with Crippen LogP contribution in [0.25, 0.3) is 11.3 Å². The van der Waals surface area contributed by atoms with Gasteiger partial charge in [0.1, 0.15) is 5.82 Å². The Bertz CT molecular complexity index is 724. The Hall–Kier alpha value is -2.14. The van der Waals surface area contributed by atoms with E-state index in [9.17, 15) is 0 Å². The van der Waals surface area contributed by atoms with Gasteiger partial charge < -0.3 is 14.7 Å². The van der Waals surface area contributed by atoms with Crippen molar-refractivity contribution in [3.05, 3.63) is 36.4 Å². The van der Waals surface area contributed by atoms with Crippen LogP contribution in [0.5, 0.6) is 0 Å². The lowest BCUT2D eigenvalue weighted by atomic mass is 10.0. The summed E-state index contributed by atoms with van der Waals surface area (Å²) in [5, 5.41) is 0. The van der Waals surface area contributed by atoms with Gasteiger partial charge in [0.2, 0.25) is 5.95 Å². The van der Waals surface area contributed by atoms with E-state index < -0.39 is 0 Å². The number of benzene rings is 1. The third-order valence-corrected chi connectivity index (χ3v) is 5.54. The summed E-state index contributed by atoms with van der Waals surface area (Å²) < 4.78 is 0. The van der Waals surface area contributed by atoms with Gasteiger partial charge in [-0.25, -0.2) is 4.98 Å². The molecular formula is C21H29N5. The maximum atomic E-state index is 4.99. The molecule has 0 N–H and O–H groups in total. The van der Waals surface area contributed by atoms with Crippen molar-refractivity contribution >= 4 is 11.8 Å². The van der Waals surface area contributed by atoms with Crippen molar-refractivity contribution in [1.29, 1.82) is 0 Å². The normalized spacial score (nSPS) is 21.8. The number of aromatic nitrogens is 2. The van der Waals surface area contributed by atoms with Gasteiger partial charge in [-0.05, 0) is 25.8 Å². The highest BCUT2D eigenvalue weighted by atomic mass is 15.3. The van der Waals surface area contributed by atoms with Crippen molar-refractivity contribution in [2.24, 2.45) is 5.92 Å². The Morgan fingerprint density at radius 1 is 0.923 bits per heavy atom. The van der Waals surface area contributed by atoms with Crippen molar-refractivity contribution < 1.29 is 0 Å². The van der Waals surface area contributed by atoms with Crippen LogP contribution >= 0.6 is 0 Å². The first-order valence-corrected chi connectivity index (χ1v) is 9.82. The highest BCUT2D eigenvalue weighted by Gasteiger charge is 2.22. The van der Waals surface area contributed by atoms with Crippen LogP contribution in [-0.4, -0.2) is 61.2 Å². The fourth-order valence-electron chi connectivity index (χ4n) is 3.89. The second-order valence-electron chi connectivity index (χ2n) is 7.76. The quantitative estimate of drug-likeness (QED) is 0.849. The number of anilines is 2. The Labute approximate surface area is 156 Å². The molecule has 2 aliphatic rings. The molecule has 0 radical (unpaired) electrons. The molecule has 2 aromatic rings. The highest BCUT2D eigenvalue weighted by Crippen LogP contribution is 2.28. The molecule has 0 spiro atoms. The molecular weight excluding hydrogens is 322 g/mol. The average Bonchev–Trinajstić information content (AvgIpc) is 2.69. The molecule has 26 heavy (non-hydrogen) atoms. The molecule has 2 aliphatic heterocycles. The fourth-order valence-corrected chi connectivity index (χ4v) is 3.89. The minimum Gasteiger partial charge on any atom is -0.356 e. The highest BCUT2D eigenvalue weighted by molar-refractivity contribution is 5.65. The van der Waals surface area contributed by atoms with Crippen LogP contribution in [0.1, 0.15) is 19.8 Å². The zero-order chi connectivity index (χ0) is 17.9. The van der Waals surface area contributed by atoms with E-state index in [0.717, 1.165) is 68.2 Å². The standard InChI is InChI=1S/C21H29N5/c1-17-7-6-10-26(16-17)20-15-19(18-8-4-3-5-9-18)22-21(23-20)25-13-11-24(2)12-14-25/h3-5,8-9,15,17H,6-7,10-14,16H2,1-2H3. The van der Waals surface area contributed by atoms with Crippen LogP contribution < -0.4 is 9.80 Å². The van der Waals surface area contributed by atoms with Crippen molar-refractivity contribution in [2.45, 2.75) is 19.8 Å². The van der Waals surface area contributed by atoms with Crippen LogP contribution in [0.2, 0.25) is 0 Å². The second kappa shape index (κ2) is 7.62. The Kier molecular flexibility index (Phi) is 5.07. The summed E-state index contributed by atoms with van der Waals surface area (Å²) in [5.41, 5.74) is 2.19. The molecule has 2 saturated heterocycles. The van der Waals surface area contributed by atoms with Gasteiger partial charge in [0.25, 0.3) is 0 Å². The summed E-state index contributed by atoms with van der Waals surface area (Å²) in [6.45, 7) is 8.64. The lowest BCUT2D eigenvalue weighted by Crippen LogP contribution is -2.45. The van der Waals surface area contributed by atoms with E-state index in [4.69, 9.17) is 9.97 Å². The largest absolute Gasteiger partial charge is 0.356 e. The predicted octanol–water partition coefficient (Wildman–Crippen LogP) is 3.13. The van der Waals surface area contributed by atoms with Gasteiger partial charge in [-0.1, -0.05) is 37.3 Å².